The van der Waals surface area contributed by atoms with Crippen LogP contribution in [0.15, 0.2) is 6.07 Å². The fourth-order valence-electron chi connectivity index (χ4n) is 0.703. The van der Waals surface area contributed by atoms with Crippen LogP contribution in [-0.2, 0) is 0 Å². The van der Waals surface area contributed by atoms with Crippen LogP contribution >= 0.6 is 0 Å². The lowest BCUT2D eigenvalue weighted by Crippen LogP contribution is -1.83. The summed E-state index contributed by atoms with van der Waals surface area (Å²) in [4.78, 5) is 2.81. The number of nitrogens with two attached hydrogens (primary N) is 1. The number of aromatic amines is 1. The number of hydrogen-bond donors (Lipinski definition) is 2. The Balaban J connectivity index is 3.20. The summed E-state index contributed by atoms with van der Waals surface area (Å²) in [6.45, 7) is 1.86. The van der Waals surface area contributed by atoms with Crippen molar-refractivity contribution in [2.24, 2.45) is 0 Å². The second-order valence-electron chi connectivity index (χ2n) is 1.89. The van der Waals surface area contributed by atoms with Crippen molar-refractivity contribution in [3.8, 4) is 6.07 Å². The molecule has 0 atom stereocenters. The zero-order valence-electron chi connectivity index (χ0n) is 5.10. The van der Waals surface area contributed by atoms with Crippen molar-refractivity contribution in [1.29, 1.82) is 5.26 Å². The molecule has 0 radical (unpaired) electrons. The van der Waals surface area contributed by atoms with Crippen LogP contribution in [0.4, 0.5) is 5.69 Å². The molecule has 0 bridgehead atoms. The molecule has 1 rings (SSSR count). The van der Waals surface area contributed by atoms with Crippen molar-refractivity contribution < 1.29 is 0 Å². The van der Waals surface area contributed by atoms with Gasteiger partial charge in [-0.25, -0.2) is 0 Å². The van der Waals surface area contributed by atoms with Gasteiger partial charge in [0.05, 0.1) is 5.69 Å². The summed E-state index contributed by atoms with van der Waals surface area (Å²) in [6, 6.07) is 3.67. The number of rotatable bonds is 0. The first kappa shape index (κ1) is 5.70. The molecule has 3 nitrogen and oxygen atoms in total. The van der Waals surface area contributed by atoms with Gasteiger partial charge in [0.15, 0.2) is 0 Å². The summed E-state index contributed by atoms with van der Waals surface area (Å²) in [5.74, 6) is 0. The normalized spacial score (nSPS) is 8.89. The third-order valence-electron chi connectivity index (χ3n) is 1.09. The van der Waals surface area contributed by atoms with Crippen molar-refractivity contribution in [1.82, 2.24) is 4.98 Å². The number of nitrogens with zero attached hydrogens (tertiary/aromatic N) is 1. The van der Waals surface area contributed by atoms with Crippen molar-refractivity contribution in [2.75, 3.05) is 5.73 Å². The molecule has 0 amide bonds. The van der Waals surface area contributed by atoms with E-state index < -0.39 is 0 Å². The molecule has 3 heteroatoms. The maximum atomic E-state index is 8.37. The second-order valence-corrected chi connectivity index (χ2v) is 1.89. The van der Waals surface area contributed by atoms with Crippen LogP contribution in [0.2, 0.25) is 0 Å². The quantitative estimate of drug-likeness (QED) is 0.532. The number of nitrogens with one attached hydrogen (secondary N) is 1. The van der Waals surface area contributed by atoms with Gasteiger partial charge in [-0.05, 0) is 13.0 Å². The van der Waals surface area contributed by atoms with Crippen LogP contribution < -0.4 is 5.73 Å². The first-order valence-corrected chi connectivity index (χ1v) is 2.59. The molecule has 0 aromatic carbocycles. The molecule has 0 saturated carbocycles. The Morgan fingerprint density at radius 3 is 2.67 bits per heavy atom. The van der Waals surface area contributed by atoms with Gasteiger partial charge in [0.1, 0.15) is 11.8 Å². The van der Waals surface area contributed by atoms with Gasteiger partial charge in [0, 0.05) is 5.69 Å². The van der Waals surface area contributed by atoms with Crippen LogP contribution in [0.3, 0.4) is 0 Å². The zero-order valence-corrected chi connectivity index (χ0v) is 5.10. The van der Waals surface area contributed by atoms with Crippen LogP contribution in [0.25, 0.3) is 0 Å². The Hall–Kier alpha value is -1.43. The molecule has 1 aromatic rings. The number of aromatic nitrogens is 1. The van der Waals surface area contributed by atoms with E-state index in [4.69, 9.17) is 11.0 Å². The molecule has 1 aromatic heterocycles. The molecule has 0 saturated heterocycles. The number of anilines is 1. The summed E-state index contributed by atoms with van der Waals surface area (Å²) in [5, 5.41) is 8.37. The SMILES string of the molecule is Cc1cc(N)c(C#N)[nH]1. The van der Waals surface area contributed by atoms with E-state index in [-0.39, 0.29) is 0 Å². The number of H-pyrrole nitrogens is 1. The van der Waals surface area contributed by atoms with Gasteiger partial charge in [-0.2, -0.15) is 5.26 Å². The largest absolute Gasteiger partial charge is 0.396 e. The van der Waals surface area contributed by atoms with Crippen molar-refractivity contribution in [3.63, 3.8) is 0 Å². The Morgan fingerprint density at radius 1 is 1.78 bits per heavy atom. The minimum absolute atomic E-state index is 0.451. The smallest absolute Gasteiger partial charge is 0.141 e. The maximum Gasteiger partial charge on any atom is 0.141 e. The first-order chi connectivity index (χ1) is 4.24. The van der Waals surface area contributed by atoms with E-state index in [9.17, 15) is 0 Å². The van der Waals surface area contributed by atoms with Crippen molar-refractivity contribution >= 4 is 5.69 Å². The monoisotopic (exact) mass is 121 g/mol. The Kier molecular flexibility index (Phi) is 1.16. The third kappa shape index (κ3) is 0.868. The highest BCUT2D eigenvalue weighted by atomic mass is 14.8. The predicted octanol–water partition coefficient (Wildman–Crippen LogP) is 0.777. The lowest BCUT2D eigenvalue weighted by atomic mass is 10.4. The lowest BCUT2D eigenvalue weighted by molar-refractivity contribution is 1.23. The van der Waals surface area contributed by atoms with Crippen LogP contribution in [0, 0.1) is 18.3 Å². The minimum Gasteiger partial charge on any atom is -0.396 e. The van der Waals surface area contributed by atoms with E-state index in [2.05, 4.69) is 4.98 Å². The van der Waals surface area contributed by atoms with Gasteiger partial charge in [-0.3, -0.25) is 0 Å². The van der Waals surface area contributed by atoms with Gasteiger partial charge in [0.25, 0.3) is 0 Å². The first-order valence-electron chi connectivity index (χ1n) is 2.59. The van der Waals surface area contributed by atoms with E-state index in [0.717, 1.165) is 5.69 Å². The molecule has 46 valence electrons. The molecular weight excluding hydrogens is 114 g/mol. The molecule has 0 fully saturated rings. The predicted molar refractivity (Wildman–Crippen MR) is 34.7 cm³/mol. The molecular formula is C6H7N3. The van der Waals surface area contributed by atoms with Gasteiger partial charge in [0.2, 0.25) is 0 Å². The standard InChI is InChI=1S/C6H7N3/c1-4-2-5(8)6(3-7)9-4/h2,9H,8H2,1H3. The zero-order chi connectivity index (χ0) is 6.85. The van der Waals surface area contributed by atoms with Crippen molar-refractivity contribution in [2.45, 2.75) is 6.92 Å². The topological polar surface area (TPSA) is 65.6 Å². The minimum atomic E-state index is 0.451. The maximum absolute atomic E-state index is 8.37. The Bertz CT molecular complexity index is 254. The van der Waals surface area contributed by atoms with Crippen LogP contribution in [0.1, 0.15) is 11.4 Å². The number of aryl methyl sites for hydroxylation is 1. The highest BCUT2D eigenvalue weighted by Gasteiger charge is 1.98. The second kappa shape index (κ2) is 1.82. The van der Waals surface area contributed by atoms with Crippen LogP contribution in [0.5, 0.6) is 0 Å². The van der Waals surface area contributed by atoms with Gasteiger partial charge >= 0.3 is 0 Å². The lowest BCUT2D eigenvalue weighted by Gasteiger charge is -1.79. The molecule has 0 aliphatic carbocycles. The summed E-state index contributed by atoms with van der Waals surface area (Å²) in [6.07, 6.45) is 0. The Labute approximate surface area is 53.1 Å². The summed E-state index contributed by atoms with van der Waals surface area (Å²) in [5.41, 5.74) is 7.29. The molecule has 1 heterocycles. The van der Waals surface area contributed by atoms with Gasteiger partial charge < -0.3 is 10.7 Å². The van der Waals surface area contributed by atoms with Gasteiger partial charge in [-0.1, -0.05) is 0 Å². The molecule has 3 N–H and O–H groups in total. The molecule has 9 heavy (non-hydrogen) atoms. The van der Waals surface area contributed by atoms with Gasteiger partial charge in [-0.15, -0.1) is 0 Å². The highest BCUT2D eigenvalue weighted by molar-refractivity contribution is 5.51. The summed E-state index contributed by atoms with van der Waals surface area (Å²) >= 11 is 0. The molecule has 0 aliphatic heterocycles. The van der Waals surface area contributed by atoms with E-state index >= 15 is 0 Å². The van der Waals surface area contributed by atoms with Crippen LogP contribution in [-0.4, -0.2) is 4.98 Å². The molecule has 0 spiro atoms. The average molecular weight is 121 g/mol. The fraction of sp³-hybridized carbons (Fsp3) is 0.167. The van der Waals surface area contributed by atoms with Crippen molar-refractivity contribution in [3.05, 3.63) is 17.5 Å². The molecule has 0 aliphatic rings. The van der Waals surface area contributed by atoms with E-state index in [1.807, 2.05) is 13.0 Å². The summed E-state index contributed by atoms with van der Waals surface area (Å²) < 4.78 is 0. The average Bonchev–Trinajstić information content (AvgIpc) is 2.10. The third-order valence-corrected chi connectivity index (χ3v) is 1.09. The van der Waals surface area contributed by atoms with E-state index in [0.29, 0.717) is 11.4 Å². The fourth-order valence-corrected chi connectivity index (χ4v) is 0.703. The van der Waals surface area contributed by atoms with E-state index in [1.54, 1.807) is 6.07 Å². The number of nitrogen functional groups attached to an aromatic ring is 1. The Morgan fingerprint density at radius 2 is 2.44 bits per heavy atom. The number of hydrogen-bond acceptors (Lipinski definition) is 2. The molecule has 0 unspecified atom stereocenters. The summed E-state index contributed by atoms with van der Waals surface area (Å²) in [7, 11) is 0. The number of nitriles is 1. The highest BCUT2D eigenvalue weighted by Crippen LogP contribution is 2.09. The van der Waals surface area contributed by atoms with E-state index in [1.165, 1.54) is 0 Å².